The monoisotopic (exact) mass is 263 g/mol. The molecule has 0 amide bonds. The Morgan fingerprint density at radius 3 is 2.22 bits per heavy atom. The summed E-state index contributed by atoms with van der Waals surface area (Å²) in [6, 6.07) is 10.9. The highest BCUT2D eigenvalue weighted by Crippen LogP contribution is 2.38. The maximum Gasteiger partial charge on any atom is 0.0251 e. The lowest BCUT2D eigenvalue weighted by atomic mass is 9.88. The third kappa shape index (κ3) is 3.76. The number of fused-ring (bicyclic) bond motifs is 3. The van der Waals surface area contributed by atoms with Crippen LogP contribution in [0.15, 0.2) is 35.2 Å². The average Bonchev–Trinajstić information content (AvgIpc) is 2.42. The Labute approximate surface area is 116 Å². The molecule has 0 unspecified atom stereocenters. The van der Waals surface area contributed by atoms with Crippen LogP contribution in [0.5, 0.6) is 0 Å². The molecule has 1 nitrogen and oxygen atoms in total. The lowest BCUT2D eigenvalue weighted by Crippen LogP contribution is -2.48. The predicted molar refractivity (Wildman–Crippen MR) is 81.2 cm³/mol. The van der Waals surface area contributed by atoms with Gasteiger partial charge in [-0.3, -0.25) is 0 Å². The number of thioether (sulfide) groups is 1. The second-order valence-electron chi connectivity index (χ2n) is 5.31. The molecule has 1 atom stereocenters. The van der Waals surface area contributed by atoms with Gasteiger partial charge in [0.05, 0.1) is 0 Å². The van der Waals surface area contributed by atoms with E-state index in [1.54, 1.807) is 0 Å². The first-order valence-corrected chi connectivity index (χ1v) is 8.15. The van der Waals surface area contributed by atoms with Crippen molar-refractivity contribution in [2.75, 3.05) is 19.6 Å². The molecule has 0 aliphatic carbocycles. The van der Waals surface area contributed by atoms with Gasteiger partial charge in [-0.05, 0) is 44.0 Å². The molecule has 4 rings (SSSR count). The third-order valence-corrected chi connectivity index (χ3v) is 5.01. The molecular weight excluding hydrogens is 238 g/mol. The highest BCUT2D eigenvalue weighted by atomic mass is 32.2. The molecule has 1 aromatic carbocycles. The van der Waals surface area contributed by atoms with Crippen LogP contribution in [0.3, 0.4) is 0 Å². The van der Waals surface area contributed by atoms with E-state index in [0.29, 0.717) is 0 Å². The Balaban J connectivity index is 0.000000367. The third-order valence-electron chi connectivity index (χ3n) is 3.63. The summed E-state index contributed by atoms with van der Waals surface area (Å²) in [6.07, 6.45) is 4.09. The zero-order valence-electron chi connectivity index (χ0n) is 11.6. The largest absolute Gasteiger partial charge is 0.302 e. The van der Waals surface area contributed by atoms with E-state index >= 15 is 0 Å². The zero-order valence-corrected chi connectivity index (χ0v) is 12.5. The second kappa shape index (κ2) is 7.20. The fourth-order valence-corrected chi connectivity index (χ4v) is 4.13. The van der Waals surface area contributed by atoms with E-state index in [1.165, 1.54) is 43.8 Å². The van der Waals surface area contributed by atoms with Gasteiger partial charge in [0.1, 0.15) is 0 Å². The summed E-state index contributed by atoms with van der Waals surface area (Å²) in [5, 5.41) is 0.842. The van der Waals surface area contributed by atoms with E-state index in [1.807, 2.05) is 0 Å². The molecule has 1 aromatic rings. The van der Waals surface area contributed by atoms with Crippen LogP contribution in [0.2, 0.25) is 0 Å². The normalized spacial score (nSPS) is 29.6. The fourth-order valence-electron chi connectivity index (χ4n) is 2.72. The summed E-state index contributed by atoms with van der Waals surface area (Å²) in [5.74, 6) is 0.972. The zero-order chi connectivity index (χ0) is 12.8. The van der Waals surface area contributed by atoms with Crippen molar-refractivity contribution in [3.8, 4) is 0 Å². The summed E-state index contributed by atoms with van der Waals surface area (Å²) in [4.78, 5) is 4.07. The van der Waals surface area contributed by atoms with Gasteiger partial charge in [0.15, 0.2) is 0 Å². The molecule has 0 spiro atoms. The van der Waals surface area contributed by atoms with Crippen molar-refractivity contribution in [2.24, 2.45) is 5.92 Å². The summed E-state index contributed by atoms with van der Waals surface area (Å²) >= 11 is 2.09. The van der Waals surface area contributed by atoms with Crippen molar-refractivity contribution in [1.29, 1.82) is 0 Å². The molecule has 18 heavy (non-hydrogen) atoms. The fraction of sp³-hybridized carbons (Fsp3) is 0.625. The molecule has 3 aliphatic heterocycles. The average molecular weight is 263 g/mol. The Kier molecular flexibility index (Phi) is 5.58. The first kappa shape index (κ1) is 14.0. The Bertz CT molecular complexity index is 330. The molecule has 0 radical (unpaired) electrons. The minimum absolute atomic E-state index is 0.842. The predicted octanol–water partition coefficient (Wildman–Crippen LogP) is 4.29. The summed E-state index contributed by atoms with van der Waals surface area (Å²) in [5.41, 5.74) is 0. The molecule has 2 bridgehead atoms. The van der Waals surface area contributed by atoms with E-state index in [9.17, 15) is 0 Å². The van der Waals surface area contributed by atoms with Gasteiger partial charge >= 0.3 is 0 Å². The first-order valence-electron chi connectivity index (χ1n) is 7.27. The van der Waals surface area contributed by atoms with E-state index in [-0.39, 0.29) is 0 Å². The molecule has 100 valence electrons. The number of hydrogen-bond acceptors (Lipinski definition) is 2. The smallest absolute Gasteiger partial charge is 0.0251 e. The minimum Gasteiger partial charge on any atom is -0.302 e. The lowest BCUT2D eigenvalue weighted by molar-refractivity contribution is 0.118. The van der Waals surface area contributed by atoms with Crippen LogP contribution in [0, 0.1) is 5.92 Å². The van der Waals surface area contributed by atoms with Crippen LogP contribution >= 0.6 is 11.8 Å². The molecule has 3 saturated heterocycles. The molecule has 3 fully saturated rings. The topological polar surface area (TPSA) is 3.24 Å². The van der Waals surface area contributed by atoms with Crippen LogP contribution < -0.4 is 0 Å². The van der Waals surface area contributed by atoms with Crippen molar-refractivity contribution >= 4 is 11.8 Å². The Morgan fingerprint density at radius 2 is 1.72 bits per heavy atom. The van der Waals surface area contributed by atoms with Crippen molar-refractivity contribution in [1.82, 2.24) is 4.90 Å². The number of piperidine rings is 3. The van der Waals surface area contributed by atoms with Crippen LogP contribution in [0.4, 0.5) is 0 Å². The highest BCUT2D eigenvalue weighted by molar-refractivity contribution is 8.00. The maximum absolute atomic E-state index is 2.63. The van der Waals surface area contributed by atoms with Crippen LogP contribution in [0.1, 0.15) is 33.1 Å². The van der Waals surface area contributed by atoms with Crippen LogP contribution in [-0.4, -0.2) is 29.8 Å². The van der Waals surface area contributed by atoms with Gasteiger partial charge in [-0.25, -0.2) is 0 Å². The first-order chi connectivity index (χ1) is 8.83. The molecule has 0 aromatic heterocycles. The molecule has 3 aliphatic rings. The van der Waals surface area contributed by atoms with Gasteiger partial charge in [0, 0.05) is 16.7 Å². The standard InChI is InChI=1S/C13H17NS.C3H8/c1-2-4-12(5-3-1)15-13-10-14-8-6-11(13)7-9-14;1-3-2/h1-5,11,13H,6-10H2;3H2,1-2H3/t13-;/m0./s1. The number of hydrogen-bond donors (Lipinski definition) is 0. The second-order valence-corrected chi connectivity index (χ2v) is 6.63. The van der Waals surface area contributed by atoms with Gasteiger partial charge in [0.2, 0.25) is 0 Å². The van der Waals surface area contributed by atoms with Crippen molar-refractivity contribution in [3.63, 3.8) is 0 Å². The van der Waals surface area contributed by atoms with Crippen molar-refractivity contribution < 1.29 is 0 Å². The minimum atomic E-state index is 0.842. The van der Waals surface area contributed by atoms with Gasteiger partial charge in [-0.1, -0.05) is 38.5 Å². The number of rotatable bonds is 2. The van der Waals surface area contributed by atoms with Crippen LogP contribution in [0.25, 0.3) is 0 Å². The Hall–Kier alpha value is -0.470. The van der Waals surface area contributed by atoms with Crippen LogP contribution in [-0.2, 0) is 0 Å². The van der Waals surface area contributed by atoms with Crippen molar-refractivity contribution in [2.45, 2.75) is 43.3 Å². The van der Waals surface area contributed by atoms with Gasteiger partial charge in [-0.15, -0.1) is 11.8 Å². The highest BCUT2D eigenvalue weighted by Gasteiger charge is 2.34. The van der Waals surface area contributed by atoms with E-state index in [0.717, 1.165) is 11.2 Å². The summed E-state index contributed by atoms with van der Waals surface area (Å²) in [6.45, 7) is 8.25. The molecule has 0 N–H and O–H groups in total. The van der Waals surface area contributed by atoms with Gasteiger partial charge < -0.3 is 4.90 Å². The number of nitrogens with zero attached hydrogens (tertiary/aromatic N) is 1. The molecule has 0 saturated carbocycles. The van der Waals surface area contributed by atoms with E-state index < -0.39 is 0 Å². The SMILES string of the molecule is CCC.c1ccc(S[C@H]2CN3CCC2CC3)cc1. The van der Waals surface area contributed by atoms with Gasteiger partial charge in [-0.2, -0.15) is 0 Å². The van der Waals surface area contributed by atoms with Gasteiger partial charge in [0.25, 0.3) is 0 Å². The Morgan fingerprint density at radius 1 is 1.11 bits per heavy atom. The van der Waals surface area contributed by atoms with Crippen molar-refractivity contribution in [3.05, 3.63) is 30.3 Å². The summed E-state index contributed by atoms with van der Waals surface area (Å²) < 4.78 is 0. The summed E-state index contributed by atoms with van der Waals surface area (Å²) in [7, 11) is 0. The molecule has 3 heterocycles. The van der Waals surface area contributed by atoms with E-state index in [2.05, 4.69) is 60.8 Å². The quantitative estimate of drug-likeness (QED) is 0.783. The molecular formula is C16H25NS. The lowest BCUT2D eigenvalue weighted by Gasteiger charge is -2.44. The number of benzene rings is 1. The van der Waals surface area contributed by atoms with E-state index in [4.69, 9.17) is 0 Å². The maximum atomic E-state index is 2.63. The molecule has 2 heteroatoms.